The van der Waals surface area contributed by atoms with Gasteiger partial charge in [0.15, 0.2) is 0 Å². The van der Waals surface area contributed by atoms with E-state index in [0.29, 0.717) is 0 Å². The second-order valence-corrected chi connectivity index (χ2v) is 7.63. The van der Waals surface area contributed by atoms with E-state index in [9.17, 15) is 0 Å². The number of rotatable bonds is 4. The molecule has 4 rings (SSSR count). The zero-order valence-electron chi connectivity index (χ0n) is 14.7. The van der Waals surface area contributed by atoms with E-state index in [1.807, 2.05) is 36.4 Å². The molecule has 2 nitrogen and oxygen atoms in total. The van der Waals surface area contributed by atoms with Crippen molar-refractivity contribution in [1.29, 1.82) is 0 Å². The Kier molecular flexibility index (Phi) is 4.66. The smallest absolute Gasteiger partial charge is 0.124 e. The van der Waals surface area contributed by atoms with Gasteiger partial charge in [-0.15, -0.1) is 11.3 Å². The van der Waals surface area contributed by atoms with Gasteiger partial charge in [0.25, 0.3) is 0 Å². The first kappa shape index (κ1) is 17.1. The topological polar surface area (TPSA) is 17.8 Å². The van der Waals surface area contributed by atoms with Gasteiger partial charge in [-0.05, 0) is 31.5 Å². The summed E-state index contributed by atoms with van der Waals surface area (Å²) in [6.45, 7) is 5.06. The lowest BCUT2D eigenvalue weighted by atomic mass is 10.2. The first-order valence-corrected chi connectivity index (χ1v) is 9.80. The summed E-state index contributed by atoms with van der Waals surface area (Å²) in [4.78, 5) is 4.87. The largest absolute Gasteiger partial charge is 0.344 e. The molecule has 2 aromatic carbocycles. The van der Waals surface area contributed by atoms with Gasteiger partial charge in [0.05, 0.1) is 5.69 Å². The van der Waals surface area contributed by atoms with E-state index < -0.39 is 0 Å². The number of thiazole rings is 1. The molecule has 0 atom stereocenters. The lowest BCUT2D eigenvalue weighted by molar-refractivity contribution is 0.750. The van der Waals surface area contributed by atoms with E-state index in [1.165, 1.54) is 17.0 Å². The van der Waals surface area contributed by atoms with Crippen LogP contribution >= 0.6 is 22.9 Å². The molecular formula is C22H19ClN2S. The zero-order chi connectivity index (χ0) is 18.1. The van der Waals surface area contributed by atoms with E-state index >= 15 is 0 Å². The van der Waals surface area contributed by atoms with Crippen molar-refractivity contribution >= 4 is 22.9 Å². The predicted molar refractivity (Wildman–Crippen MR) is 111 cm³/mol. The summed E-state index contributed by atoms with van der Waals surface area (Å²) in [6.07, 6.45) is 0. The molecule has 0 amide bonds. The normalized spacial score (nSPS) is 11.0. The van der Waals surface area contributed by atoms with E-state index in [2.05, 4.69) is 48.1 Å². The maximum Gasteiger partial charge on any atom is 0.124 e. The Labute approximate surface area is 162 Å². The fourth-order valence-electron chi connectivity index (χ4n) is 3.21. The molecule has 0 aliphatic carbocycles. The molecule has 2 heterocycles. The number of hydrogen-bond acceptors (Lipinski definition) is 2. The first-order chi connectivity index (χ1) is 12.6. The van der Waals surface area contributed by atoms with E-state index in [4.69, 9.17) is 16.6 Å². The molecule has 0 N–H and O–H groups in total. The summed E-state index contributed by atoms with van der Waals surface area (Å²) < 4.78 is 2.30. The second kappa shape index (κ2) is 7.10. The summed E-state index contributed by atoms with van der Waals surface area (Å²) >= 11 is 8.04. The van der Waals surface area contributed by atoms with Gasteiger partial charge >= 0.3 is 0 Å². The minimum absolute atomic E-state index is 0.771. The van der Waals surface area contributed by atoms with Crippen LogP contribution in [0.25, 0.3) is 21.8 Å². The van der Waals surface area contributed by atoms with E-state index in [0.717, 1.165) is 33.4 Å². The van der Waals surface area contributed by atoms with Crippen LogP contribution in [0.2, 0.25) is 5.02 Å². The van der Waals surface area contributed by atoms with Crippen LogP contribution in [-0.4, -0.2) is 9.55 Å². The zero-order valence-corrected chi connectivity index (χ0v) is 16.3. The molecule has 0 unspecified atom stereocenters. The second-order valence-electron chi connectivity index (χ2n) is 6.37. The molecule has 0 saturated heterocycles. The van der Waals surface area contributed by atoms with Gasteiger partial charge < -0.3 is 4.57 Å². The number of benzene rings is 2. The van der Waals surface area contributed by atoms with Gasteiger partial charge in [-0.25, -0.2) is 4.98 Å². The molecule has 130 valence electrons. The summed E-state index contributed by atoms with van der Waals surface area (Å²) in [5, 5.41) is 4.00. The van der Waals surface area contributed by atoms with Crippen LogP contribution in [0.3, 0.4) is 0 Å². The molecule has 0 aliphatic heterocycles. The molecule has 2 aromatic heterocycles. The third-order valence-corrected chi connectivity index (χ3v) is 5.92. The van der Waals surface area contributed by atoms with Gasteiger partial charge in [0.1, 0.15) is 5.01 Å². The molecule has 4 aromatic rings. The number of aromatic nitrogens is 2. The van der Waals surface area contributed by atoms with Gasteiger partial charge in [-0.1, -0.05) is 60.1 Å². The molecule has 4 heteroatoms. The highest BCUT2D eigenvalue weighted by Crippen LogP contribution is 2.32. The third kappa shape index (κ3) is 3.20. The molecule has 0 radical (unpaired) electrons. The summed E-state index contributed by atoms with van der Waals surface area (Å²) in [5.41, 5.74) is 6.94. The Bertz CT molecular complexity index is 1050. The minimum atomic E-state index is 0.771. The molecule has 26 heavy (non-hydrogen) atoms. The third-order valence-electron chi connectivity index (χ3n) is 4.66. The SMILES string of the molecule is Cc1cc(-c2csc(-c3ccccc3)n2)c(C)n1Cc1ccccc1Cl. The Hall–Kier alpha value is -2.36. The van der Waals surface area contributed by atoms with Crippen LogP contribution in [0, 0.1) is 13.8 Å². The van der Waals surface area contributed by atoms with Crippen LogP contribution in [0.1, 0.15) is 17.0 Å². The summed E-state index contributed by atoms with van der Waals surface area (Å²) in [7, 11) is 0. The van der Waals surface area contributed by atoms with Crippen molar-refractivity contribution in [2.75, 3.05) is 0 Å². The van der Waals surface area contributed by atoms with Crippen molar-refractivity contribution < 1.29 is 0 Å². The average Bonchev–Trinajstić information content (AvgIpc) is 3.24. The van der Waals surface area contributed by atoms with Gasteiger partial charge in [-0.2, -0.15) is 0 Å². The molecule has 0 fully saturated rings. The number of hydrogen-bond donors (Lipinski definition) is 0. The highest BCUT2D eigenvalue weighted by atomic mass is 35.5. The van der Waals surface area contributed by atoms with Crippen LogP contribution in [0.5, 0.6) is 0 Å². The van der Waals surface area contributed by atoms with Crippen molar-refractivity contribution in [3.8, 4) is 21.8 Å². The maximum absolute atomic E-state index is 6.35. The number of aryl methyl sites for hydroxylation is 1. The van der Waals surface area contributed by atoms with Gasteiger partial charge in [0, 0.05) is 39.5 Å². The lowest BCUT2D eigenvalue weighted by Gasteiger charge is -2.11. The minimum Gasteiger partial charge on any atom is -0.344 e. The van der Waals surface area contributed by atoms with Crippen molar-refractivity contribution in [2.45, 2.75) is 20.4 Å². The van der Waals surface area contributed by atoms with Gasteiger partial charge in [0.2, 0.25) is 0 Å². The van der Waals surface area contributed by atoms with E-state index in [1.54, 1.807) is 11.3 Å². The quantitative estimate of drug-likeness (QED) is 0.391. The lowest BCUT2D eigenvalue weighted by Crippen LogP contribution is -2.04. The van der Waals surface area contributed by atoms with E-state index in [-0.39, 0.29) is 0 Å². The van der Waals surface area contributed by atoms with Gasteiger partial charge in [-0.3, -0.25) is 0 Å². The molecule has 0 spiro atoms. The Balaban J connectivity index is 1.69. The van der Waals surface area contributed by atoms with Crippen molar-refractivity contribution in [3.05, 3.63) is 88.0 Å². The Morgan fingerprint density at radius 1 is 1.00 bits per heavy atom. The number of nitrogens with zero attached hydrogens (tertiary/aromatic N) is 2. The molecule has 0 aliphatic rings. The fraction of sp³-hybridized carbons (Fsp3) is 0.136. The standard InChI is InChI=1S/C22H19ClN2S/c1-15-12-19(16(2)25(15)13-18-10-6-7-11-20(18)23)21-14-26-22(24-21)17-8-4-3-5-9-17/h3-12,14H,13H2,1-2H3. The monoisotopic (exact) mass is 378 g/mol. The maximum atomic E-state index is 6.35. The first-order valence-electron chi connectivity index (χ1n) is 8.55. The highest BCUT2D eigenvalue weighted by molar-refractivity contribution is 7.13. The molecule has 0 bridgehead atoms. The Morgan fingerprint density at radius 3 is 2.50 bits per heavy atom. The average molecular weight is 379 g/mol. The molecular weight excluding hydrogens is 360 g/mol. The Morgan fingerprint density at radius 2 is 1.73 bits per heavy atom. The van der Waals surface area contributed by atoms with Crippen LogP contribution in [-0.2, 0) is 6.54 Å². The predicted octanol–water partition coefficient (Wildman–Crippen LogP) is 6.60. The number of halogens is 1. The molecule has 0 saturated carbocycles. The van der Waals surface area contributed by atoms with Crippen molar-refractivity contribution in [2.24, 2.45) is 0 Å². The highest BCUT2D eigenvalue weighted by Gasteiger charge is 2.15. The van der Waals surface area contributed by atoms with Crippen LogP contribution < -0.4 is 0 Å². The van der Waals surface area contributed by atoms with Crippen molar-refractivity contribution in [3.63, 3.8) is 0 Å². The fourth-order valence-corrected chi connectivity index (χ4v) is 4.23. The van der Waals surface area contributed by atoms with Crippen LogP contribution in [0.15, 0.2) is 66.0 Å². The summed E-state index contributed by atoms with van der Waals surface area (Å²) in [5.74, 6) is 0. The van der Waals surface area contributed by atoms with Crippen molar-refractivity contribution in [1.82, 2.24) is 9.55 Å². The van der Waals surface area contributed by atoms with Crippen LogP contribution in [0.4, 0.5) is 0 Å². The summed E-state index contributed by atoms with van der Waals surface area (Å²) in [6, 6.07) is 20.6.